The highest BCUT2D eigenvalue weighted by Crippen LogP contribution is 2.45. The van der Waals surface area contributed by atoms with Crippen LogP contribution in [0.15, 0.2) is 212 Å². The maximum Gasteiger partial charge on any atom is 0.417 e. The van der Waals surface area contributed by atoms with Crippen molar-refractivity contribution in [2.45, 2.75) is 12.4 Å². The molecule has 0 atom stereocenters. The van der Waals surface area contributed by atoms with E-state index in [9.17, 15) is 26.3 Å². The molecule has 12 aromatic rings. The molecule has 9 aromatic carbocycles. The quantitative estimate of drug-likeness (QED) is 0.150. The van der Waals surface area contributed by atoms with Crippen LogP contribution in [0.2, 0.25) is 0 Å². The average Bonchev–Trinajstić information content (AvgIpc) is 3.91. The summed E-state index contributed by atoms with van der Waals surface area (Å²) in [6.45, 7) is 0. The van der Waals surface area contributed by atoms with Gasteiger partial charge in [0.2, 0.25) is 0 Å². The molecule has 0 aliphatic rings. The number of para-hydroxylation sites is 3. The van der Waals surface area contributed by atoms with Gasteiger partial charge in [-0.1, -0.05) is 146 Å². The predicted molar refractivity (Wildman–Crippen MR) is 266 cm³/mol. The Hall–Kier alpha value is -8.83. The van der Waals surface area contributed by atoms with Crippen LogP contribution in [0.5, 0.6) is 0 Å². The lowest BCUT2D eigenvalue weighted by Crippen LogP contribution is -2.12. The molecule has 11 heteroatoms. The van der Waals surface area contributed by atoms with Crippen molar-refractivity contribution in [3.05, 3.63) is 223 Å². The first-order valence-corrected chi connectivity index (χ1v) is 22.4. The first kappa shape index (κ1) is 42.5. The molecular formula is C59H35F6N5. The number of nitrogens with zero attached hydrogens (tertiary/aromatic N) is 5. The van der Waals surface area contributed by atoms with E-state index >= 15 is 0 Å². The molecule has 70 heavy (non-hydrogen) atoms. The van der Waals surface area contributed by atoms with Crippen LogP contribution in [0.25, 0.3) is 111 Å². The SMILES string of the molecule is FC(F)(F)c1ccc(-c2ccc3c(c2)c2ccccc2n3-c2ccc(-c3cccc4c3c3ccccc3n4-c3ccccc3)cc2-c2nc(-c3ccccc3)nc(-c3ccccc3)n2)c(C(F)(F)F)c1. The Morgan fingerprint density at radius 2 is 0.871 bits per heavy atom. The average molecular weight is 928 g/mol. The van der Waals surface area contributed by atoms with Gasteiger partial charge < -0.3 is 9.13 Å². The van der Waals surface area contributed by atoms with E-state index in [0.717, 1.165) is 66.7 Å². The fourth-order valence-corrected chi connectivity index (χ4v) is 9.73. The van der Waals surface area contributed by atoms with E-state index in [1.807, 2.05) is 126 Å². The summed E-state index contributed by atoms with van der Waals surface area (Å²) in [4.78, 5) is 15.4. The largest absolute Gasteiger partial charge is 0.417 e. The molecule has 0 bridgehead atoms. The smallest absolute Gasteiger partial charge is 0.309 e. The van der Waals surface area contributed by atoms with E-state index in [1.165, 1.54) is 6.07 Å². The number of alkyl halides is 6. The second-order valence-corrected chi connectivity index (χ2v) is 17.0. The van der Waals surface area contributed by atoms with Crippen molar-refractivity contribution in [3.8, 4) is 67.8 Å². The maximum absolute atomic E-state index is 14.6. The number of hydrogen-bond acceptors (Lipinski definition) is 3. The number of halogens is 6. The standard InChI is InChI=1S/C59H35F6N5/c60-58(61,62)40-29-30-42(48(35-40)59(63,64)65)38-27-31-51-46(33-38)44-21-10-12-24-49(44)70(51)52-32-28-39(43-23-14-26-53-54(43)45-22-11-13-25-50(45)69(53)41-19-8-3-9-20-41)34-47(52)57-67-55(36-15-4-1-5-16-36)66-56(68-57)37-17-6-2-7-18-37/h1-35H. The van der Waals surface area contributed by atoms with Gasteiger partial charge in [0.1, 0.15) is 0 Å². The first-order chi connectivity index (χ1) is 34.0. The Balaban J connectivity index is 1.14. The van der Waals surface area contributed by atoms with Crippen LogP contribution >= 0.6 is 0 Å². The number of aromatic nitrogens is 5. The molecule has 0 saturated carbocycles. The Morgan fingerprint density at radius 3 is 1.53 bits per heavy atom. The molecule has 0 aliphatic carbocycles. The van der Waals surface area contributed by atoms with Crippen LogP contribution in [-0.2, 0) is 12.4 Å². The van der Waals surface area contributed by atoms with E-state index in [0.29, 0.717) is 45.7 Å². The highest BCUT2D eigenvalue weighted by atomic mass is 19.4. The monoisotopic (exact) mass is 927 g/mol. The number of benzene rings is 9. The third kappa shape index (κ3) is 7.25. The summed E-state index contributed by atoms with van der Waals surface area (Å²) in [5, 5.41) is 3.44. The minimum atomic E-state index is -5.06. The molecule has 0 aliphatic heterocycles. The fourth-order valence-electron chi connectivity index (χ4n) is 9.73. The third-order valence-corrected chi connectivity index (χ3v) is 12.8. The van der Waals surface area contributed by atoms with Gasteiger partial charge >= 0.3 is 12.4 Å². The van der Waals surface area contributed by atoms with Crippen molar-refractivity contribution in [1.82, 2.24) is 24.1 Å². The second kappa shape index (κ2) is 16.4. The molecule has 0 radical (unpaired) electrons. The molecule has 0 amide bonds. The molecule has 0 saturated heterocycles. The number of rotatable bonds is 7. The molecule has 3 aromatic heterocycles. The van der Waals surface area contributed by atoms with Crippen LogP contribution in [0.3, 0.4) is 0 Å². The topological polar surface area (TPSA) is 48.5 Å². The Kier molecular flexibility index (Phi) is 9.99. The molecule has 0 fully saturated rings. The summed E-state index contributed by atoms with van der Waals surface area (Å²) in [6.07, 6.45) is -10.0. The Morgan fingerprint density at radius 1 is 0.329 bits per heavy atom. The number of fused-ring (bicyclic) bond motifs is 6. The van der Waals surface area contributed by atoms with Gasteiger partial charge in [0.25, 0.3) is 0 Å². The van der Waals surface area contributed by atoms with Crippen molar-refractivity contribution in [2.24, 2.45) is 0 Å². The lowest BCUT2D eigenvalue weighted by Gasteiger charge is -2.17. The van der Waals surface area contributed by atoms with Crippen molar-refractivity contribution in [3.63, 3.8) is 0 Å². The lowest BCUT2D eigenvalue weighted by molar-refractivity contribution is -0.142. The summed E-state index contributed by atoms with van der Waals surface area (Å²) in [5.74, 6) is 1.29. The summed E-state index contributed by atoms with van der Waals surface area (Å²) < 4.78 is 89.3. The van der Waals surface area contributed by atoms with Crippen LogP contribution < -0.4 is 0 Å². The highest BCUT2D eigenvalue weighted by molar-refractivity contribution is 6.16. The van der Waals surface area contributed by atoms with Crippen LogP contribution in [-0.4, -0.2) is 24.1 Å². The fraction of sp³-hybridized carbons (Fsp3) is 0.0339. The van der Waals surface area contributed by atoms with Gasteiger partial charge in [0, 0.05) is 43.9 Å². The molecule has 3 heterocycles. The van der Waals surface area contributed by atoms with Crippen molar-refractivity contribution in [1.29, 1.82) is 0 Å². The van der Waals surface area contributed by atoms with Gasteiger partial charge in [-0.15, -0.1) is 0 Å². The van der Waals surface area contributed by atoms with Gasteiger partial charge in [0.15, 0.2) is 17.5 Å². The zero-order chi connectivity index (χ0) is 47.7. The van der Waals surface area contributed by atoms with E-state index in [1.54, 1.807) is 12.1 Å². The molecule has 0 N–H and O–H groups in total. The highest BCUT2D eigenvalue weighted by Gasteiger charge is 2.38. The van der Waals surface area contributed by atoms with Crippen LogP contribution in [0, 0.1) is 0 Å². The lowest BCUT2D eigenvalue weighted by atomic mass is 9.95. The van der Waals surface area contributed by atoms with Gasteiger partial charge in [-0.05, 0) is 89.0 Å². The Bertz CT molecular complexity index is 3910. The van der Waals surface area contributed by atoms with Crippen molar-refractivity contribution < 1.29 is 26.3 Å². The molecule has 338 valence electrons. The number of hydrogen-bond donors (Lipinski definition) is 0. The van der Waals surface area contributed by atoms with Crippen LogP contribution in [0.4, 0.5) is 26.3 Å². The van der Waals surface area contributed by atoms with Gasteiger partial charge in [-0.3, -0.25) is 0 Å². The van der Waals surface area contributed by atoms with Crippen molar-refractivity contribution >= 4 is 43.6 Å². The molecular weight excluding hydrogens is 893 g/mol. The van der Waals surface area contributed by atoms with E-state index in [2.05, 4.69) is 59.2 Å². The molecule has 12 rings (SSSR count). The summed E-state index contributed by atoms with van der Waals surface area (Å²) in [6, 6.07) is 64.5. The summed E-state index contributed by atoms with van der Waals surface area (Å²) in [5.41, 5.74) is 6.23. The Labute approximate surface area is 396 Å². The van der Waals surface area contributed by atoms with Crippen molar-refractivity contribution in [2.75, 3.05) is 0 Å². The maximum atomic E-state index is 14.6. The zero-order valence-electron chi connectivity index (χ0n) is 36.7. The molecule has 5 nitrogen and oxygen atoms in total. The summed E-state index contributed by atoms with van der Waals surface area (Å²) >= 11 is 0. The minimum absolute atomic E-state index is 0.118. The van der Waals surface area contributed by atoms with E-state index < -0.39 is 23.5 Å². The van der Waals surface area contributed by atoms with E-state index in [4.69, 9.17) is 15.0 Å². The summed E-state index contributed by atoms with van der Waals surface area (Å²) in [7, 11) is 0. The van der Waals surface area contributed by atoms with Gasteiger partial charge in [-0.2, -0.15) is 26.3 Å². The zero-order valence-corrected chi connectivity index (χ0v) is 36.7. The molecule has 0 spiro atoms. The normalized spacial score (nSPS) is 12.1. The minimum Gasteiger partial charge on any atom is -0.309 e. The third-order valence-electron chi connectivity index (χ3n) is 12.8. The first-order valence-electron chi connectivity index (χ1n) is 22.4. The van der Waals surface area contributed by atoms with Gasteiger partial charge in [0.05, 0.1) is 38.9 Å². The molecule has 0 unspecified atom stereocenters. The van der Waals surface area contributed by atoms with Gasteiger partial charge in [-0.25, -0.2) is 15.0 Å². The predicted octanol–water partition coefficient (Wildman–Crippen LogP) is 16.4. The second-order valence-electron chi connectivity index (χ2n) is 17.0. The van der Waals surface area contributed by atoms with E-state index in [-0.39, 0.29) is 17.2 Å². The van der Waals surface area contributed by atoms with Crippen LogP contribution in [0.1, 0.15) is 11.1 Å².